The summed E-state index contributed by atoms with van der Waals surface area (Å²) in [5, 5.41) is 11.6. The van der Waals surface area contributed by atoms with E-state index < -0.39 is 0 Å². The number of phenols is 1. The number of aromatic hydroxyl groups is 1. The van der Waals surface area contributed by atoms with Gasteiger partial charge in [-0.1, -0.05) is 81.3 Å². The molecule has 2 heterocycles. The van der Waals surface area contributed by atoms with Crippen LogP contribution in [-0.4, -0.2) is 19.6 Å². The third-order valence-electron chi connectivity index (χ3n) is 8.94. The summed E-state index contributed by atoms with van der Waals surface area (Å²) in [4.78, 5) is 9.83. The van der Waals surface area contributed by atoms with Gasteiger partial charge in [0.15, 0.2) is 0 Å². The van der Waals surface area contributed by atoms with Crippen LogP contribution in [0.4, 0.5) is 0 Å². The Morgan fingerprint density at radius 2 is 1.40 bits per heavy atom. The zero-order chi connectivity index (χ0) is 29.1. The fraction of sp³-hybridized carbons (Fsp3) is 0.211. The van der Waals surface area contributed by atoms with Crippen LogP contribution in [0.1, 0.15) is 51.7 Å². The van der Waals surface area contributed by atoms with E-state index in [1.165, 1.54) is 11.1 Å². The van der Waals surface area contributed by atoms with E-state index in [-0.39, 0.29) is 37.6 Å². The largest absolute Gasteiger partial charge is 0.507 e. The molecule has 0 aliphatic heterocycles. The molecule has 0 unspecified atom stereocenters. The third kappa shape index (κ3) is 5.02. The van der Waals surface area contributed by atoms with E-state index in [2.05, 4.69) is 85.8 Å². The minimum Gasteiger partial charge on any atom is -0.507 e. The summed E-state index contributed by atoms with van der Waals surface area (Å²) in [7, 11) is 0. The van der Waals surface area contributed by atoms with Crippen LogP contribution in [0.25, 0.3) is 50.5 Å². The van der Waals surface area contributed by atoms with Crippen molar-refractivity contribution in [1.82, 2.24) is 14.5 Å². The molecule has 7 rings (SSSR count). The molecule has 0 bridgehead atoms. The van der Waals surface area contributed by atoms with Crippen molar-refractivity contribution in [3.8, 4) is 45.2 Å². The summed E-state index contributed by atoms with van der Waals surface area (Å²) in [5.41, 5.74) is 9.85. The van der Waals surface area contributed by atoms with Crippen LogP contribution < -0.4 is 0 Å². The van der Waals surface area contributed by atoms with Gasteiger partial charge in [0.1, 0.15) is 11.6 Å². The van der Waals surface area contributed by atoms with Gasteiger partial charge in [-0.15, -0.1) is 29.8 Å². The fourth-order valence-corrected chi connectivity index (χ4v) is 6.41. The summed E-state index contributed by atoms with van der Waals surface area (Å²) >= 11 is 0. The molecular weight excluding hydrogens is 710 g/mol. The standard InChI is InChI=1S/C38H34N3O.Pt/c1-37(2)19-20-38(3,4)31-24-34(42)29(23-30(31)37)36-40-35-28(16-11-18-33(35)41(36)27-14-6-5-7-15-27)25-12-10-13-26(22-25)32-17-8-9-21-39-32;/h5-18,21,23-24,42H,19-20H2,1-4H3;/q-1;. The van der Waals surface area contributed by atoms with E-state index >= 15 is 0 Å². The Morgan fingerprint density at radius 1 is 0.721 bits per heavy atom. The third-order valence-corrected chi connectivity index (χ3v) is 8.94. The SMILES string of the molecule is CC1(C)CCC(C)(C)c2cc(-c3nc4c(-c5[c-]c(-c6ccccn6)ccc5)cccc4n3-c3ccccc3)c(O)cc21.[Pt]. The number of phenolic OH excluding ortho intramolecular Hbond substituents is 1. The first-order valence-corrected chi connectivity index (χ1v) is 14.6. The number of rotatable bonds is 4. The first kappa shape index (κ1) is 29.1. The number of aromatic nitrogens is 3. The number of hydrogen-bond acceptors (Lipinski definition) is 3. The maximum absolute atomic E-state index is 11.6. The van der Waals surface area contributed by atoms with Crippen molar-refractivity contribution in [2.75, 3.05) is 0 Å². The molecule has 0 saturated heterocycles. The van der Waals surface area contributed by atoms with Crippen LogP contribution in [0, 0.1) is 6.07 Å². The molecule has 43 heavy (non-hydrogen) atoms. The second kappa shape index (κ2) is 10.9. The summed E-state index contributed by atoms with van der Waals surface area (Å²) in [5.74, 6) is 0.987. The van der Waals surface area contributed by atoms with Crippen molar-refractivity contribution in [1.29, 1.82) is 0 Å². The van der Waals surface area contributed by atoms with Crippen LogP contribution >= 0.6 is 0 Å². The van der Waals surface area contributed by atoms with Gasteiger partial charge in [-0.3, -0.25) is 9.55 Å². The van der Waals surface area contributed by atoms with Crippen LogP contribution in [0.15, 0.2) is 103 Å². The molecule has 4 nitrogen and oxygen atoms in total. The maximum Gasteiger partial charge on any atom is 0.148 e. The summed E-state index contributed by atoms with van der Waals surface area (Å²) in [6, 6.07) is 36.4. The first-order chi connectivity index (χ1) is 20.2. The van der Waals surface area contributed by atoms with Crippen LogP contribution in [0.5, 0.6) is 5.75 Å². The predicted molar refractivity (Wildman–Crippen MR) is 171 cm³/mol. The smallest absolute Gasteiger partial charge is 0.148 e. The summed E-state index contributed by atoms with van der Waals surface area (Å²) < 4.78 is 2.17. The summed E-state index contributed by atoms with van der Waals surface area (Å²) in [6.07, 6.45) is 3.99. The van der Waals surface area contributed by atoms with Crippen molar-refractivity contribution in [3.05, 3.63) is 120 Å². The Balaban J connectivity index is 0.00000329. The van der Waals surface area contributed by atoms with Crippen LogP contribution in [0.2, 0.25) is 0 Å². The number of nitrogens with zero attached hydrogens (tertiary/aromatic N) is 3. The van der Waals surface area contributed by atoms with Gasteiger partial charge in [0.25, 0.3) is 0 Å². The molecule has 2 aromatic heterocycles. The quantitative estimate of drug-likeness (QED) is 0.183. The minimum atomic E-state index is 0. The fourth-order valence-electron chi connectivity index (χ4n) is 6.41. The average Bonchev–Trinajstić information content (AvgIpc) is 3.40. The van der Waals surface area contributed by atoms with Gasteiger partial charge in [0, 0.05) is 38.6 Å². The van der Waals surface area contributed by atoms with Gasteiger partial charge in [0.05, 0.1) is 16.6 Å². The normalized spacial score (nSPS) is 15.1. The molecule has 0 fully saturated rings. The molecule has 5 heteroatoms. The average molecular weight is 744 g/mol. The Labute approximate surface area is 267 Å². The topological polar surface area (TPSA) is 50.9 Å². The van der Waals surface area contributed by atoms with E-state index in [4.69, 9.17) is 4.98 Å². The second-order valence-corrected chi connectivity index (χ2v) is 12.7. The number of hydrogen-bond donors (Lipinski definition) is 1. The first-order valence-electron chi connectivity index (χ1n) is 14.6. The van der Waals surface area contributed by atoms with Gasteiger partial charge >= 0.3 is 0 Å². The molecule has 1 aliphatic rings. The van der Waals surface area contributed by atoms with Crippen molar-refractivity contribution >= 4 is 11.0 Å². The van der Waals surface area contributed by atoms with Gasteiger partial charge in [-0.05, 0) is 71.2 Å². The molecule has 1 aliphatic carbocycles. The van der Waals surface area contributed by atoms with E-state index in [0.717, 1.165) is 63.3 Å². The molecule has 1 N–H and O–H groups in total. The van der Waals surface area contributed by atoms with Gasteiger partial charge < -0.3 is 5.11 Å². The molecule has 0 spiro atoms. The minimum absolute atomic E-state index is 0. The monoisotopic (exact) mass is 743 g/mol. The number of para-hydroxylation sites is 2. The van der Waals surface area contributed by atoms with E-state index in [9.17, 15) is 5.11 Å². The van der Waals surface area contributed by atoms with E-state index in [0.29, 0.717) is 0 Å². The molecule has 0 amide bonds. The second-order valence-electron chi connectivity index (χ2n) is 12.7. The number of fused-ring (bicyclic) bond motifs is 2. The molecule has 4 aromatic carbocycles. The van der Waals surface area contributed by atoms with Crippen molar-refractivity contribution in [2.45, 2.75) is 51.4 Å². The maximum atomic E-state index is 11.6. The molecule has 0 radical (unpaired) electrons. The molecule has 6 aromatic rings. The van der Waals surface area contributed by atoms with Crippen molar-refractivity contribution in [2.24, 2.45) is 0 Å². The Kier molecular flexibility index (Phi) is 7.38. The van der Waals surface area contributed by atoms with E-state index in [1.807, 2.05) is 54.6 Å². The summed E-state index contributed by atoms with van der Waals surface area (Å²) in [6.45, 7) is 9.18. The van der Waals surface area contributed by atoms with E-state index in [1.54, 1.807) is 6.20 Å². The molecular formula is C38H34N3OPt-. The zero-order valence-corrected chi connectivity index (χ0v) is 27.1. The van der Waals surface area contributed by atoms with Crippen molar-refractivity contribution < 1.29 is 26.2 Å². The number of imidazole rings is 1. The Hall–Kier alpha value is -4.01. The number of benzene rings is 4. The van der Waals surface area contributed by atoms with Gasteiger partial charge in [0.2, 0.25) is 0 Å². The van der Waals surface area contributed by atoms with Crippen molar-refractivity contribution in [3.63, 3.8) is 0 Å². The molecule has 0 saturated carbocycles. The van der Waals surface area contributed by atoms with Gasteiger partial charge in [-0.2, -0.15) is 0 Å². The predicted octanol–water partition coefficient (Wildman–Crippen LogP) is 9.27. The van der Waals surface area contributed by atoms with Gasteiger partial charge in [-0.25, -0.2) is 4.98 Å². The Morgan fingerprint density at radius 3 is 2.12 bits per heavy atom. The Bertz CT molecular complexity index is 1940. The van der Waals surface area contributed by atoms with Crippen LogP contribution in [-0.2, 0) is 31.9 Å². The zero-order valence-electron chi connectivity index (χ0n) is 24.8. The molecule has 218 valence electrons. The number of pyridine rings is 1. The van der Waals surface area contributed by atoms with Crippen LogP contribution in [0.3, 0.4) is 0 Å². The molecule has 0 atom stereocenters.